The van der Waals surface area contributed by atoms with Crippen LogP contribution in [0.25, 0.3) is 0 Å². The summed E-state index contributed by atoms with van der Waals surface area (Å²) in [4.78, 5) is 0. The molecular formula is C12H17N3O. The van der Waals surface area contributed by atoms with E-state index in [4.69, 9.17) is 16.2 Å². The minimum atomic E-state index is -0.111. The Balaban J connectivity index is 2.00. The van der Waals surface area contributed by atoms with Crippen molar-refractivity contribution in [2.75, 3.05) is 18.8 Å². The van der Waals surface area contributed by atoms with Gasteiger partial charge in [-0.25, -0.2) is 0 Å². The summed E-state index contributed by atoms with van der Waals surface area (Å²) in [7, 11) is 0. The fourth-order valence-electron chi connectivity index (χ4n) is 2.71. The molecule has 2 aliphatic heterocycles. The molecule has 2 atom stereocenters. The number of rotatable bonds is 0. The van der Waals surface area contributed by atoms with Gasteiger partial charge in [-0.3, -0.25) is 0 Å². The van der Waals surface area contributed by atoms with Gasteiger partial charge in [0.1, 0.15) is 11.4 Å². The second-order valence-corrected chi connectivity index (χ2v) is 4.82. The van der Waals surface area contributed by atoms with Gasteiger partial charge in [-0.2, -0.15) is 0 Å². The minimum absolute atomic E-state index is 0.0595. The van der Waals surface area contributed by atoms with Gasteiger partial charge in [0.25, 0.3) is 0 Å². The number of hydrogen-bond donors (Lipinski definition) is 3. The zero-order valence-corrected chi connectivity index (χ0v) is 9.20. The maximum atomic E-state index is 6.20. The first-order valence-corrected chi connectivity index (χ1v) is 5.73. The Bertz CT molecular complexity index is 413. The lowest BCUT2D eigenvalue weighted by molar-refractivity contribution is 0.0554. The molecule has 0 aliphatic carbocycles. The van der Waals surface area contributed by atoms with E-state index in [0.29, 0.717) is 0 Å². The van der Waals surface area contributed by atoms with Crippen molar-refractivity contribution in [3.05, 3.63) is 23.8 Å². The summed E-state index contributed by atoms with van der Waals surface area (Å²) in [6, 6.07) is 5.80. The van der Waals surface area contributed by atoms with E-state index in [9.17, 15) is 0 Å². The lowest BCUT2D eigenvalue weighted by Crippen LogP contribution is -2.44. The number of nitrogens with two attached hydrogens (primary N) is 2. The van der Waals surface area contributed by atoms with Crippen LogP contribution >= 0.6 is 0 Å². The summed E-state index contributed by atoms with van der Waals surface area (Å²) in [6.07, 6.45) is 1.91. The van der Waals surface area contributed by atoms with Crippen molar-refractivity contribution >= 4 is 5.69 Å². The number of hydrogen-bond acceptors (Lipinski definition) is 4. The third-order valence-electron chi connectivity index (χ3n) is 3.56. The SMILES string of the molecule is Nc1ccc2c(c1)OC1(CCNC1)CC2N. The summed E-state index contributed by atoms with van der Waals surface area (Å²) in [6.45, 7) is 1.89. The van der Waals surface area contributed by atoms with E-state index in [2.05, 4.69) is 5.32 Å². The van der Waals surface area contributed by atoms with Crippen molar-refractivity contribution in [3.63, 3.8) is 0 Å². The molecule has 0 bridgehead atoms. The van der Waals surface area contributed by atoms with Crippen LogP contribution in [0, 0.1) is 0 Å². The van der Waals surface area contributed by atoms with Gasteiger partial charge >= 0.3 is 0 Å². The van der Waals surface area contributed by atoms with E-state index >= 15 is 0 Å². The van der Waals surface area contributed by atoms with Gasteiger partial charge in [-0.05, 0) is 12.6 Å². The number of benzene rings is 1. The standard InChI is InChI=1S/C12H17N3O/c13-8-1-2-9-10(14)6-12(3-4-15-7-12)16-11(9)5-8/h1-2,5,10,15H,3-4,6-7,13-14H2. The van der Waals surface area contributed by atoms with Crippen molar-refractivity contribution in [1.29, 1.82) is 0 Å². The lowest BCUT2D eigenvalue weighted by atomic mass is 9.87. The minimum Gasteiger partial charge on any atom is -0.485 e. The highest BCUT2D eigenvalue weighted by atomic mass is 16.5. The van der Waals surface area contributed by atoms with Gasteiger partial charge in [0, 0.05) is 42.7 Å². The highest BCUT2D eigenvalue weighted by Crippen LogP contribution is 2.41. The highest BCUT2D eigenvalue weighted by molar-refractivity contribution is 5.51. The number of fused-ring (bicyclic) bond motifs is 1. The number of nitrogens with one attached hydrogen (secondary N) is 1. The molecular weight excluding hydrogens is 202 g/mol. The molecule has 16 heavy (non-hydrogen) atoms. The Morgan fingerprint density at radius 3 is 3.06 bits per heavy atom. The van der Waals surface area contributed by atoms with Crippen LogP contribution in [0.5, 0.6) is 5.75 Å². The smallest absolute Gasteiger partial charge is 0.127 e. The topological polar surface area (TPSA) is 73.3 Å². The molecule has 2 unspecified atom stereocenters. The molecule has 0 aromatic heterocycles. The van der Waals surface area contributed by atoms with Crippen LogP contribution in [0.2, 0.25) is 0 Å². The van der Waals surface area contributed by atoms with Crippen LogP contribution in [0.15, 0.2) is 18.2 Å². The molecule has 1 saturated heterocycles. The van der Waals surface area contributed by atoms with Crippen LogP contribution in [-0.2, 0) is 0 Å². The maximum absolute atomic E-state index is 6.20. The molecule has 3 rings (SSSR count). The Labute approximate surface area is 95.0 Å². The average Bonchev–Trinajstić information content (AvgIpc) is 2.65. The Hall–Kier alpha value is -1.26. The molecule has 5 N–H and O–H groups in total. The number of ether oxygens (including phenoxy) is 1. The number of nitrogen functional groups attached to an aromatic ring is 1. The summed E-state index contributed by atoms with van der Waals surface area (Å²) in [5.74, 6) is 0.863. The third-order valence-corrected chi connectivity index (χ3v) is 3.56. The van der Waals surface area contributed by atoms with E-state index in [1.165, 1.54) is 0 Å². The van der Waals surface area contributed by atoms with Gasteiger partial charge in [-0.1, -0.05) is 6.07 Å². The molecule has 4 heteroatoms. The summed E-state index contributed by atoms with van der Waals surface area (Å²) < 4.78 is 6.11. The van der Waals surface area contributed by atoms with Gasteiger partial charge in [-0.15, -0.1) is 0 Å². The van der Waals surface area contributed by atoms with E-state index in [0.717, 1.165) is 42.9 Å². The normalized spacial score (nSPS) is 32.4. The molecule has 0 radical (unpaired) electrons. The van der Waals surface area contributed by atoms with Crippen LogP contribution in [0.3, 0.4) is 0 Å². The highest BCUT2D eigenvalue weighted by Gasteiger charge is 2.42. The quantitative estimate of drug-likeness (QED) is 0.564. The first-order chi connectivity index (χ1) is 7.69. The predicted octanol–water partition coefficient (Wildman–Crippen LogP) is 0.783. The van der Waals surface area contributed by atoms with Crippen LogP contribution in [-0.4, -0.2) is 18.7 Å². The molecule has 1 aromatic rings. The molecule has 86 valence electrons. The van der Waals surface area contributed by atoms with Gasteiger partial charge in [0.05, 0.1) is 0 Å². The van der Waals surface area contributed by atoms with Crippen LogP contribution in [0.4, 0.5) is 5.69 Å². The van der Waals surface area contributed by atoms with Crippen LogP contribution in [0.1, 0.15) is 24.4 Å². The Morgan fingerprint density at radius 2 is 2.31 bits per heavy atom. The third kappa shape index (κ3) is 1.45. The summed E-state index contributed by atoms with van der Waals surface area (Å²) in [5, 5.41) is 3.34. The van der Waals surface area contributed by atoms with Gasteiger partial charge in [0.2, 0.25) is 0 Å². The molecule has 1 aromatic carbocycles. The first-order valence-electron chi connectivity index (χ1n) is 5.73. The largest absolute Gasteiger partial charge is 0.485 e. The molecule has 2 heterocycles. The van der Waals surface area contributed by atoms with Crippen molar-refractivity contribution in [3.8, 4) is 5.75 Å². The summed E-state index contributed by atoms with van der Waals surface area (Å²) in [5.41, 5.74) is 13.7. The second kappa shape index (κ2) is 3.37. The number of anilines is 1. The predicted molar refractivity (Wildman–Crippen MR) is 63.2 cm³/mol. The van der Waals surface area contributed by atoms with Crippen molar-refractivity contribution in [2.45, 2.75) is 24.5 Å². The Morgan fingerprint density at radius 1 is 1.44 bits per heavy atom. The maximum Gasteiger partial charge on any atom is 0.127 e. The molecule has 2 aliphatic rings. The van der Waals surface area contributed by atoms with E-state index in [1.807, 2.05) is 18.2 Å². The molecule has 0 amide bonds. The van der Waals surface area contributed by atoms with Crippen molar-refractivity contribution in [1.82, 2.24) is 5.32 Å². The fraction of sp³-hybridized carbons (Fsp3) is 0.500. The van der Waals surface area contributed by atoms with Gasteiger partial charge < -0.3 is 21.5 Å². The molecule has 4 nitrogen and oxygen atoms in total. The zero-order chi connectivity index (χ0) is 11.2. The fourth-order valence-corrected chi connectivity index (χ4v) is 2.71. The van der Waals surface area contributed by atoms with Crippen molar-refractivity contribution < 1.29 is 4.74 Å². The monoisotopic (exact) mass is 219 g/mol. The zero-order valence-electron chi connectivity index (χ0n) is 9.20. The summed E-state index contributed by atoms with van der Waals surface area (Å²) >= 11 is 0. The van der Waals surface area contributed by atoms with Crippen molar-refractivity contribution in [2.24, 2.45) is 5.73 Å². The van der Waals surface area contributed by atoms with Gasteiger partial charge in [0.15, 0.2) is 0 Å². The average molecular weight is 219 g/mol. The van der Waals surface area contributed by atoms with E-state index in [-0.39, 0.29) is 11.6 Å². The van der Waals surface area contributed by atoms with E-state index in [1.54, 1.807) is 0 Å². The van der Waals surface area contributed by atoms with E-state index < -0.39 is 0 Å². The molecule has 1 fully saturated rings. The second-order valence-electron chi connectivity index (χ2n) is 4.82. The van der Waals surface area contributed by atoms with Crippen LogP contribution < -0.4 is 21.5 Å². The lowest BCUT2D eigenvalue weighted by Gasteiger charge is -2.38. The molecule has 1 spiro atoms. The molecule has 0 saturated carbocycles. The first kappa shape index (κ1) is 9.93. The Kier molecular flexibility index (Phi) is 2.09.